The summed E-state index contributed by atoms with van der Waals surface area (Å²) in [6.45, 7) is 0.951. The molecule has 2 aromatic rings. The second kappa shape index (κ2) is 6.03. The van der Waals surface area contributed by atoms with Gasteiger partial charge in [0.05, 0.1) is 5.39 Å². The summed E-state index contributed by atoms with van der Waals surface area (Å²) in [5, 5.41) is 4.33. The molecule has 3 rings (SSSR count). The van der Waals surface area contributed by atoms with E-state index in [-0.39, 0.29) is 0 Å². The van der Waals surface area contributed by atoms with Gasteiger partial charge in [-0.15, -0.1) is 0 Å². The zero-order chi connectivity index (χ0) is 13.8. The van der Waals surface area contributed by atoms with Gasteiger partial charge in [-0.1, -0.05) is 25.7 Å². The van der Waals surface area contributed by atoms with Gasteiger partial charge in [0, 0.05) is 6.54 Å². The number of hydrogen-bond donors (Lipinski definition) is 2. The zero-order valence-corrected chi connectivity index (χ0v) is 11.7. The molecule has 0 saturated heterocycles. The number of nitrogens with zero attached hydrogens (tertiary/aromatic N) is 3. The molecule has 1 saturated carbocycles. The molecule has 5 nitrogen and oxygen atoms in total. The molecule has 0 aromatic carbocycles. The average molecular weight is 271 g/mol. The van der Waals surface area contributed by atoms with Gasteiger partial charge in [0.1, 0.15) is 18.0 Å². The second-order valence-electron chi connectivity index (χ2n) is 5.55. The van der Waals surface area contributed by atoms with Crippen LogP contribution in [-0.4, -0.2) is 21.5 Å². The van der Waals surface area contributed by atoms with Crippen molar-refractivity contribution in [3.63, 3.8) is 0 Å². The monoisotopic (exact) mass is 271 g/mol. The molecular formula is C15H21N5. The van der Waals surface area contributed by atoms with E-state index in [1.807, 2.05) is 6.07 Å². The van der Waals surface area contributed by atoms with E-state index in [1.165, 1.54) is 44.9 Å². The molecule has 0 spiro atoms. The van der Waals surface area contributed by atoms with Crippen molar-refractivity contribution in [1.29, 1.82) is 0 Å². The SMILES string of the molecule is Nc1ccc2c(NCCCC3CCCC3)ncnc2n1. The standard InChI is InChI=1S/C15H21N5/c16-13-8-7-12-14(18-10-19-15(12)20-13)17-9-3-6-11-4-1-2-5-11/h7-8,10-11H,1-6,9H2,(H3,16,17,18,19,20). The highest BCUT2D eigenvalue weighted by Gasteiger charge is 2.14. The minimum Gasteiger partial charge on any atom is -0.384 e. The van der Waals surface area contributed by atoms with Gasteiger partial charge in [-0.2, -0.15) is 0 Å². The first kappa shape index (κ1) is 13.1. The summed E-state index contributed by atoms with van der Waals surface area (Å²) < 4.78 is 0. The first-order valence-corrected chi connectivity index (χ1v) is 7.44. The molecule has 1 aliphatic rings. The van der Waals surface area contributed by atoms with Crippen LogP contribution in [0.5, 0.6) is 0 Å². The van der Waals surface area contributed by atoms with Crippen LogP contribution in [0.4, 0.5) is 11.6 Å². The normalized spacial score (nSPS) is 15.8. The molecule has 0 bridgehead atoms. The van der Waals surface area contributed by atoms with Crippen molar-refractivity contribution >= 4 is 22.7 Å². The van der Waals surface area contributed by atoms with Crippen molar-refractivity contribution in [3.8, 4) is 0 Å². The lowest BCUT2D eigenvalue weighted by Crippen LogP contribution is -2.06. The number of nitrogens with two attached hydrogens (primary N) is 1. The molecule has 0 radical (unpaired) electrons. The zero-order valence-electron chi connectivity index (χ0n) is 11.7. The average Bonchev–Trinajstić information content (AvgIpc) is 2.96. The Kier molecular flexibility index (Phi) is 3.95. The molecule has 1 fully saturated rings. The summed E-state index contributed by atoms with van der Waals surface area (Å²) in [5.41, 5.74) is 6.32. The summed E-state index contributed by atoms with van der Waals surface area (Å²) in [5.74, 6) is 2.29. The molecule has 0 amide bonds. The van der Waals surface area contributed by atoms with Crippen LogP contribution >= 0.6 is 0 Å². The Morgan fingerprint density at radius 1 is 1.20 bits per heavy atom. The summed E-state index contributed by atoms with van der Waals surface area (Å²) in [7, 11) is 0. The Balaban J connectivity index is 1.59. The first-order chi connectivity index (χ1) is 9.83. The van der Waals surface area contributed by atoms with E-state index in [9.17, 15) is 0 Å². The van der Waals surface area contributed by atoms with Gasteiger partial charge in [0.2, 0.25) is 0 Å². The molecule has 3 N–H and O–H groups in total. The largest absolute Gasteiger partial charge is 0.384 e. The van der Waals surface area contributed by atoms with Gasteiger partial charge in [-0.3, -0.25) is 0 Å². The van der Waals surface area contributed by atoms with Crippen LogP contribution in [0, 0.1) is 5.92 Å². The predicted molar refractivity (Wildman–Crippen MR) is 81.4 cm³/mol. The molecule has 0 unspecified atom stereocenters. The quantitative estimate of drug-likeness (QED) is 0.817. The third-order valence-electron chi connectivity index (χ3n) is 4.07. The Labute approximate surface area is 119 Å². The van der Waals surface area contributed by atoms with Gasteiger partial charge < -0.3 is 11.1 Å². The molecule has 0 aliphatic heterocycles. The molecule has 106 valence electrons. The Morgan fingerprint density at radius 3 is 2.90 bits per heavy atom. The highest BCUT2D eigenvalue weighted by molar-refractivity contribution is 5.86. The fraction of sp³-hybridized carbons (Fsp3) is 0.533. The number of hydrogen-bond acceptors (Lipinski definition) is 5. The Bertz CT molecular complexity index is 577. The van der Waals surface area contributed by atoms with Crippen LogP contribution in [0.1, 0.15) is 38.5 Å². The maximum Gasteiger partial charge on any atom is 0.166 e. The minimum atomic E-state index is 0.489. The number of aromatic nitrogens is 3. The lowest BCUT2D eigenvalue weighted by Gasteiger charge is -2.10. The van der Waals surface area contributed by atoms with E-state index in [1.54, 1.807) is 6.07 Å². The molecule has 0 atom stereocenters. The van der Waals surface area contributed by atoms with E-state index in [4.69, 9.17) is 5.73 Å². The highest BCUT2D eigenvalue weighted by atomic mass is 15.0. The van der Waals surface area contributed by atoms with E-state index >= 15 is 0 Å². The van der Waals surface area contributed by atoms with Gasteiger partial charge >= 0.3 is 0 Å². The predicted octanol–water partition coefficient (Wildman–Crippen LogP) is 2.99. The van der Waals surface area contributed by atoms with Gasteiger partial charge in [-0.05, 0) is 30.9 Å². The van der Waals surface area contributed by atoms with Crippen molar-refractivity contribution in [2.75, 3.05) is 17.6 Å². The lowest BCUT2D eigenvalue weighted by molar-refractivity contribution is 0.491. The fourth-order valence-electron chi connectivity index (χ4n) is 2.99. The maximum absolute atomic E-state index is 5.67. The Hall–Kier alpha value is -1.91. The van der Waals surface area contributed by atoms with Crippen molar-refractivity contribution in [1.82, 2.24) is 15.0 Å². The van der Waals surface area contributed by atoms with Crippen molar-refractivity contribution in [3.05, 3.63) is 18.5 Å². The topological polar surface area (TPSA) is 76.7 Å². The van der Waals surface area contributed by atoms with Crippen molar-refractivity contribution < 1.29 is 0 Å². The number of rotatable bonds is 5. The number of pyridine rings is 1. The maximum atomic E-state index is 5.67. The van der Waals surface area contributed by atoms with Gasteiger partial charge in [-0.25, -0.2) is 15.0 Å². The van der Waals surface area contributed by atoms with E-state index in [2.05, 4.69) is 20.3 Å². The number of anilines is 2. The summed E-state index contributed by atoms with van der Waals surface area (Å²) in [6.07, 6.45) is 9.72. The van der Waals surface area contributed by atoms with Crippen LogP contribution in [0.15, 0.2) is 18.5 Å². The van der Waals surface area contributed by atoms with Crippen LogP contribution in [-0.2, 0) is 0 Å². The van der Waals surface area contributed by atoms with E-state index < -0.39 is 0 Å². The minimum absolute atomic E-state index is 0.489. The molecular weight excluding hydrogens is 250 g/mol. The number of nitrogens with one attached hydrogen (secondary N) is 1. The lowest BCUT2D eigenvalue weighted by atomic mass is 10.0. The summed E-state index contributed by atoms with van der Waals surface area (Å²) in [4.78, 5) is 12.7. The molecule has 1 aliphatic carbocycles. The Morgan fingerprint density at radius 2 is 2.05 bits per heavy atom. The molecule has 2 aromatic heterocycles. The smallest absolute Gasteiger partial charge is 0.166 e. The van der Waals surface area contributed by atoms with Crippen LogP contribution < -0.4 is 11.1 Å². The molecule has 20 heavy (non-hydrogen) atoms. The second-order valence-corrected chi connectivity index (χ2v) is 5.55. The summed E-state index contributed by atoms with van der Waals surface area (Å²) >= 11 is 0. The van der Waals surface area contributed by atoms with E-state index in [0.717, 1.165) is 23.7 Å². The number of fused-ring (bicyclic) bond motifs is 1. The van der Waals surface area contributed by atoms with Crippen LogP contribution in [0.3, 0.4) is 0 Å². The molecule has 5 heteroatoms. The number of nitrogen functional groups attached to an aromatic ring is 1. The van der Waals surface area contributed by atoms with Crippen LogP contribution in [0.25, 0.3) is 11.0 Å². The highest BCUT2D eigenvalue weighted by Crippen LogP contribution is 2.28. The third-order valence-corrected chi connectivity index (χ3v) is 4.07. The first-order valence-electron chi connectivity index (χ1n) is 7.44. The van der Waals surface area contributed by atoms with Crippen LogP contribution in [0.2, 0.25) is 0 Å². The fourth-order valence-corrected chi connectivity index (χ4v) is 2.99. The van der Waals surface area contributed by atoms with Gasteiger partial charge in [0.25, 0.3) is 0 Å². The van der Waals surface area contributed by atoms with Gasteiger partial charge in [0.15, 0.2) is 5.65 Å². The molecule has 2 heterocycles. The van der Waals surface area contributed by atoms with Crippen molar-refractivity contribution in [2.45, 2.75) is 38.5 Å². The van der Waals surface area contributed by atoms with E-state index in [0.29, 0.717) is 11.5 Å². The third kappa shape index (κ3) is 2.98. The van der Waals surface area contributed by atoms with Crippen molar-refractivity contribution in [2.24, 2.45) is 5.92 Å². The summed E-state index contributed by atoms with van der Waals surface area (Å²) in [6, 6.07) is 3.71.